The van der Waals surface area contributed by atoms with Gasteiger partial charge in [0.25, 0.3) is 0 Å². The van der Waals surface area contributed by atoms with E-state index in [1.54, 1.807) is 12.3 Å². The molecule has 2 aromatic rings. The SMILES string of the molecule is CSC(c1cc(F)c(C#N)cc1F)S(C)=O.N#Cc1cc(F)c(C=O)cc1F. The fraction of sp³-hybridized carbons (Fsp3) is 0.167. The van der Waals surface area contributed by atoms with Crippen LogP contribution in [-0.4, -0.2) is 23.0 Å². The van der Waals surface area contributed by atoms with Crippen LogP contribution >= 0.6 is 11.8 Å². The molecule has 0 aliphatic heterocycles. The fourth-order valence-electron chi connectivity index (χ4n) is 2.01. The first kappa shape index (κ1) is 23.3. The Morgan fingerprint density at radius 2 is 1.46 bits per heavy atom. The minimum Gasteiger partial charge on any atom is -0.298 e. The molecule has 0 fully saturated rings. The third-order valence-electron chi connectivity index (χ3n) is 3.31. The van der Waals surface area contributed by atoms with Crippen molar-refractivity contribution in [2.75, 3.05) is 12.5 Å². The molecule has 2 rings (SSSR count). The molecule has 10 heteroatoms. The molecule has 2 atom stereocenters. The van der Waals surface area contributed by atoms with Crippen LogP contribution in [0, 0.1) is 45.9 Å². The van der Waals surface area contributed by atoms with Crippen molar-refractivity contribution < 1.29 is 26.6 Å². The summed E-state index contributed by atoms with van der Waals surface area (Å²) in [6.07, 6.45) is 3.29. The number of hydrogen-bond acceptors (Lipinski definition) is 5. The molecule has 0 aromatic heterocycles. The highest BCUT2D eigenvalue weighted by Crippen LogP contribution is 2.32. The first-order valence-corrected chi connectivity index (χ1v) is 10.2. The van der Waals surface area contributed by atoms with E-state index in [4.69, 9.17) is 10.5 Å². The lowest BCUT2D eigenvalue weighted by Gasteiger charge is -2.13. The Bertz CT molecular complexity index is 1000. The highest BCUT2D eigenvalue weighted by atomic mass is 32.2. The van der Waals surface area contributed by atoms with E-state index in [2.05, 4.69) is 0 Å². The van der Waals surface area contributed by atoms with E-state index in [1.807, 2.05) is 0 Å². The molecule has 4 nitrogen and oxygen atoms in total. The van der Waals surface area contributed by atoms with Crippen LogP contribution in [0.25, 0.3) is 0 Å². The Morgan fingerprint density at radius 3 is 1.89 bits per heavy atom. The number of benzene rings is 2. The molecule has 0 saturated carbocycles. The Morgan fingerprint density at radius 1 is 0.964 bits per heavy atom. The van der Waals surface area contributed by atoms with Crippen molar-refractivity contribution in [3.05, 3.63) is 69.8 Å². The molecule has 0 heterocycles. The summed E-state index contributed by atoms with van der Waals surface area (Å²) in [4.78, 5) is 10.1. The standard InChI is InChI=1S/C10H9F2NOS2.C8H3F2NO/c1-15-10(16(2)14)7-4-8(11)6(5-13)3-9(7)12;9-7-2-6(4-12)8(10)1-5(7)3-11/h3-4,10H,1-2H3;1-2,4H. The summed E-state index contributed by atoms with van der Waals surface area (Å²) in [5.41, 5.74) is -1.10. The minimum atomic E-state index is -1.31. The summed E-state index contributed by atoms with van der Waals surface area (Å²) in [6, 6.07) is 6.17. The van der Waals surface area contributed by atoms with Gasteiger partial charge in [-0.25, -0.2) is 17.6 Å². The zero-order valence-corrected chi connectivity index (χ0v) is 16.1. The summed E-state index contributed by atoms with van der Waals surface area (Å²) in [6.45, 7) is 0. The summed E-state index contributed by atoms with van der Waals surface area (Å²) in [5, 5.41) is 16.8. The van der Waals surface area contributed by atoms with E-state index in [9.17, 15) is 26.6 Å². The van der Waals surface area contributed by atoms with Crippen LogP contribution in [0.1, 0.15) is 31.6 Å². The largest absolute Gasteiger partial charge is 0.298 e. The summed E-state index contributed by atoms with van der Waals surface area (Å²) < 4.78 is 62.9. The number of nitrogens with zero attached hydrogens (tertiary/aromatic N) is 2. The maximum Gasteiger partial charge on any atom is 0.153 e. The van der Waals surface area contributed by atoms with Crippen LogP contribution in [0.2, 0.25) is 0 Å². The fourth-order valence-corrected chi connectivity index (χ4v) is 4.06. The molecular weight excluding hydrogens is 416 g/mol. The van der Waals surface area contributed by atoms with Gasteiger partial charge < -0.3 is 0 Å². The van der Waals surface area contributed by atoms with Crippen molar-refractivity contribution in [1.29, 1.82) is 10.5 Å². The topological polar surface area (TPSA) is 81.7 Å². The number of hydrogen-bond donors (Lipinski definition) is 0. The normalized spacial score (nSPS) is 12.0. The molecule has 0 radical (unpaired) electrons. The van der Waals surface area contributed by atoms with Crippen molar-refractivity contribution >= 4 is 28.8 Å². The van der Waals surface area contributed by atoms with Crippen LogP contribution in [0.5, 0.6) is 0 Å². The zero-order chi connectivity index (χ0) is 21.4. The van der Waals surface area contributed by atoms with Gasteiger partial charge in [0.15, 0.2) is 6.29 Å². The van der Waals surface area contributed by atoms with E-state index in [-0.39, 0.29) is 23.0 Å². The lowest BCUT2D eigenvalue weighted by molar-refractivity contribution is 0.111. The van der Waals surface area contributed by atoms with Gasteiger partial charge in [0.05, 0.1) is 16.7 Å². The Balaban J connectivity index is 0.000000292. The lowest BCUT2D eigenvalue weighted by Crippen LogP contribution is -2.05. The quantitative estimate of drug-likeness (QED) is 0.538. The maximum atomic E-state index is 13.5. The number of thioether (sulfide) groups is 1. The molecule has 2 unspecified atom stereocenters. The summed E-state index contributed by atoms with van der Waals surface area (Å²) in [5.74, 6) is -3.26. The van der Waals surface area contributed by atoms with Gasteiger partial charge in [0.2, 0.25) is 0 Å². The second-order valence-electron chi connectivity index (χ2n) is 5.11. The average molecular weight is 428 g/mol. The van der Waals surface area contributed by atoms with Gasteiger partial charge >= 0.3 is 0 Å². The third-order valence-corrected chi connectivity index (χ3v) is 6.24. The van der Waals surface area contributed by atoms with Gasteiger partial charge in [-0.3, -0.25) is 9.00 Å². The number of halogens is 4. The average Bonchev–Trinajstić information content (AvgIpc) is 2.66. The molecule has 28 heavy (non-hydrogen) atoms. The first-order valence-electron chi connectivity index (χ1n) is 7.28. The van der Waals surface area contributed by atoms with Crippen molar-refractivity contribution in [2.24, 2.45) is 0 Å². The lowest BCUT2D eigenvalue weighted by atomic mass is 10.1. The molecule has 0 aliphatic rings. The Kier molecular flexibility index (Phi) is 8.83. The number of nitriles is 2. The molecule has 0 aliphatic carbocycles. The molecule has 2 aromatic carbocycles. The highest BCUT2D eigenvalue weighted by molar-refractivity contribution is 8.10. The van der Waals surface area contributed by atoms with Crippen LogP contribution in [0.15, 0.2) is 24.3 Å². The highest BCUT2D eigenvalue weighted by Gasteiger charge is 2.20. The molecule has 0 N–H and O–H groups in total. The Labute approximate surface area is 165 Å². The second-order valence-corrected chi connectivity index (χ2v) is 7.82. The molecule has 0 saturated heterocycles. The van der Waals surface area contributed by atoms with Gasteiger partial charge in [0.1, 0.15) is 40.0 Å². The van der Waals surface area contributed by atoms with Crippen LogP contribution in [-0.2, 0) is 10.8 Å². The van der Waals surface area contributed by atoms with Gasteiger partial charge in [-0.1, -0.05) is 0 Å². The van der Waals surface area contributed by atoms with Crippen molar-refractivity contribution in [3.63, 3.8) is 0 Å². The second kappa shape index (κ2) is 10.6. The number of rotatable bonds is 4. The molecule has 0 spiro atoms. The van der Waals surface area contributed by atoms with Gasteiger partial charge in [0, 0.05) is 22.6 Å². The van der Waals surface area contributed by atoms with Crippen LogP contribution in [0.3, 0.4) is 0 Å². The number of carbonyl (C=O) groups is 1. The number of aldehydes is 1. The first-order chi connectivity index (χ1) is 13.2. The molecule has 0 amide bonds. The van der Waals surface area contributed by atoms with Crippen LogP contribution in [0.4, 0.5) is 17.6 Å². The summed E-state index contributed by atoms with van der Waals surface area (Å²) in [7, 11) is -1.31. The van der Waals surface area contributed by atoms with Crippen molar-refractivity contribution in [1.82, 2.24) is 0 Å². The maximum absolute atomic E-state index is 13.5. The number of carbonyl (C=O) groups excluding carboxylic acids is 1. The predicted molar refractivity (Wildman–Crippen MR) is 97.9 cm³/mol. The van der Waals surface area contributed by atoms with E-state index in [0.29, 0.717) is 12.1 Å². The van der Waals surface area contributed by atoms with E-state index < -0.39 is 44.2 Å². The smallest absolute Gasteiger partial charge is 0.153 e. The van der Waals surface area contributed by atoms with Crippen molar-refractivity contribution in [2.45, 2.75) is 4.58 Å². The monoisotopic (exact) mass is 428 g/mol. The van der Waals surface area contributed by atoms with Gasteiger partial charge in [-0.2, -0.15) is 10.5 Å². The van der Waals surface area contributed by atoms with Crippen molar-refractivity contribution in [3.8, 4) is 12.1 Å². The Hall–Kier alpha value is -2.69. The third kappa shape index (κ3) is 5.65. The molecule has 0 bridgehead atoms. The van der Waals surface area contributed by atoms with E-state index in [0.717, 1.165) is 12.1 Å². The minimum absolute atomic E-state index is 0.0323. The zero-order valence-electron chi connectivity index (χ0n) is 14.5. The summed E-state index contributed by atoms with van der Waals surface area (Å²) >= 11 is 1.18. The van der Waals surface area contributed by atoms with Gasteiger partial charge in [-0.15, -0.1) is 11.8 Å². The van der Waals surface area contributed by atoms with E-state index >= 15 is 0 Å². The molecule has 146 valence electrons. The van der Waals surface area contributed by atoms with Crippen LogP contribution < -0.4 is 0 Å². The predicted octanol–water partition coefficient (Wildman–Crippen LogP) is 4.23. The van der Waals surface area contributed by atoms with E-state index in [1.165, 1.54) is 24.1 Å². The van der Waals surface area contributed by atoms with Gasteiger partial charge in [-0.05, 0) is 30.5 Å². The molecular formula is C18H12F4N2O2S2.